The van der Waals surface area contributed by atoms with E-state index in [4.69, 9.17) is 0 Å². The molecule has 0 bridgehead atoms. The number of hydrogen-bond acceptors (Lipinski definition) is 7. The van der Waals surface area contributed by atoms with E-state index in [-0.39, 0.29) is 11.8 Å². The predicted molar refractivity (Wildman–Crippen MR) is 271 cm³/mol. The first-order chi connectivity index (χ1) is 31.6. The van der Waals surface area contributed by atoms with Gasteiger partial charge in [-0.3, -0.25) is 14.5 Å². The number of unbranched alkanes of at least 4 members (excludes halogenated alkanes) is 3. The summed E-state index contributed by atoms with van der Waals surface area (Å²) in [7, 11) is 0. The van der Waals surface area contributed by atoms with Crippen molar-refractivity contribution in [3.8, 4) is 40.4 Å². The summed E-state index contributed by atoms with van der Waals surface area (Å²) in [5, 5.41) is 0. The van der Waals surface area contributed by atoms with Crippen LogP contribution in [0.3, 0.4) is 0 Å². The molecule has 1 aliphatic heterocycles. The van der Waals surface area contributed by atoms with Gasteiger partial charge in [0.25, 0.3) is 11.8 Å². The van der Waals surface area contributed by atoms with Gasteiger partial charge in [0.2, 0.25) is 0 Å². The van der Waals surface area contributed by atoms with Crippen LogP contribution in [0.4, 0.5) is 34.1 Å². The van der Waals surface area contributed by atoms with E-state index in [2.05, 4.69) is 187 Å². The van der Waals surface area contributed by atoms with Crippen molar-refractivity contribution in [1.82, 2.24) is 4.90 Å². The van der Waals surface area contributed by atoms with E-state index in [1.165, 1.54) is 4.90 Å². The Morgan fingerprint density at radius 1 is 0.375 bits per heavy atom. The van der Waals surface area contributed by atoms with Crippen LogP contribution in [0.5, 0.6) is 0 Å². The zero-order valence-electron chi connectivity index (χ0n) is 35.4. The average Bonchev–Trinajstić information content (AvgIpc) is 4.17. The van der Waals surface area contributed by atoms with Crippen LogP contribution >= 0.6 is 34.0 Å². The van der Waals surface area contributed by atoms with Crippen molar-refractivity contribution in [2.24, 2.45) is 0 Å². The van der Waals surface area contributed by atoms with Crippen LogP contribution in [-0.2, 0) is 0 Å². The Kier molecular flexibility index (Phi) is 11.9. The number of carbonyl (C=O) groups excluding carboxylic acids is 2. The Labute approximate surface area is 386 Å². The number of carbonyl (C=O) groups is 2. The Bertz CT molecular complexity index is 2740. The van der Waals surface area contributed by atoms with Crippen LogP contribution in [0.25, 0.3) is 40.4 Å². The van der Waals surface area contributed by atoms with Crippen molar-refractivity contribution >= 4 is 79.9 Å². The highest BCUT2D eigenvalue weighted by molar-refractivity contribution is 7.28. The Balaban J connectivity index is 0.969. The Hall–Kier alpha value is -6.84. The molecule has 0 spiro atoms. The SMILES string of the molecule is CCCCCCN1C(=O)c2c(-c3ccc(-c4ccc(N(c5ccccc5)c5ccccc5)cc4)s3)sc(-c3ccc(-c4ccc(N(c5ccccc5)c5ccccc5)cc4)s3)c2C1=O. The smallest absolute Gasteiger partial charge is 0.263 e. The molecule has 4 heterocycles. The average molecular weight is 888 g/mol. The van der Waals surface area contributed by atoms with E-state index < -0.39 is 0 Å². The summed E-state index contributed by atoms with van der Waals surface area (Å²) in [4.78, 5) is 40.6. The number of amides is 2. The molecular weight excluding hydrogens is 843 g/mol. The summed E-state index contributed by atoms with van der Waals surface area (Å²) in [6.45, 7) is 2.61. The van der Waals surface area contributed by atoms with Crippen molar-refractivity contribution in [2.75, 3.05) is 16.3 Å². The van der Waals surface area contributed by atoms with Crippen LogP contribution in [0, 0.1) is 0 Å². The molecule has 1 aliphatic rings. The van der Waals surface area contributed by atoms with Gasteiger partial charge in [-0.05, 0) is 115 Å². The highest BCUT2D eigenvalue weighted by atomic mass is 32.1. The Morgan fingerprint density at radius 3 is 1.08 bits per heavy atom. The molecule has 64 heavy (non-hydrogen) atoms. The molecule has 0 N–H and O–H groups in total. The molecule has 5 nitrogen and oxygen atoms in total. The molecule has 0 atom stereocenters. The molecule has 0 saturated heterocycles. The summed E-state index contributed by atoms with van der Waals surface area (Å²) in [5.74, 6) is -0.354. The minimum Gasteiger partial charge on any atom is -0.311 e. The quantitative estimate of drug-likeness (QED) is 0.0760. The van der Waals surface area contributed by atoms with Gasteiger partial charge in [0.1, 0.15) is 0 Å². The van der Waals surface area contributed by atoms with Crippen LogP contribution in [0.15, 0.2) is 194 Å². The lowest BCUT2D eigenvalue weighted by molar-refractivity contribution is 0.0652. The van der Waals surface area contributed by atoms with E-state index in [9.17, 15) is 9.59 Å². The number of thiophene rings is 3. The lowest BCUT2D eigenvalue weighted by Gasteiger charge is -2.25. The Morgan fingerprint density at radius 2 is 0.719 bits per heavy atom. The van der Waals surface area contributed by atoms with E-state index in [1.807, 2.05) is 24.3 Å². The normalized spacial score (nSPS) is 12.2. The lowest BCUT2D eigenvalue weighted by Crippen LogP contribution is -2.31. The molecule has 314 valence electrons. The standard InChI is InChI=1S/C56H45N3O2S3/c1-2-3-4-17-38-57-55(60)51-52(56(57)61)54(50-37-35-48(63-50)40-28-32-46(33-29-40)59(43-22-13-7-14-23-43)44-24-15-8-16-25-44)64-53(51)49-36-34-47(62-49)39-26-30-45(31-27-39)58(41-18-9-5-10-19-41)42-20-11-6-12-21-42/h5-16,18-37H,2-4,17,38H2,1H3. The highest BCUT2D eigenvalue weighted by Gasteiger charge is 2.42. The highest BCUT2D eigenvalue weighted by Crippen LogP contribution is 2.51. The molecular formula is C56H45N3O2S3. The van der Waals surface area contributed by atoms with Gasteiger partial charge < -0.3 is 9.80 Å². The largest absolute Gasteiger partial charge is 0.311 e. The first-order valence-corrected chi connectivity index (χ1v) is 24.3. The van der Waals surface area contributed by atoms with Gasteiger partial charge in [-0.1, -0.05) is 123 Å². The van der Waals surface area contributed by atoms with Gasteiger partial charge in [0.05, 0.1) is 20.9 Å². The van der Waals surface area contributed by atoms with Crippen molar-refractivity contribution in [3.63, 3.8) is 0 Å². The molecule has 0 saturated carbocycles. The number of imide groups is 1. The first-order valence-electron chi connectivity index (χ1n) is 21.8. The molecule has 6 aromatic carbocycles. The van der Waals surface area contributed by atoms with Crippen LogP contribution < -0.4 is 9.80 Å². The third-order valence-corrected chi connectivity index (χ3v) is 15.4. The van der Waals surface area contributed by atoms with Gasteiger partial charge in [0.15, 0.2) is 0 Å². The lowest BCUT2D eigenvalue weighted by atomic mass is 10.1. The zero-order valence-corrected chi connectivity index (χ0v) is 37.8. The minimum atomic E-state index is -0.177. The third-order valence-electron chi connectivity index (χ3n) is 11.6. The molecule has 0 radical (unpaired) electrons. The second-order valence-corrected chi connectivity index (χ2v) is 19.0. The van der Waals surface area contributed by atoms with Gasteiger partial charge in [-0.15, -0.1) is 34.0 Å². The number of benzene rings is 6. The van der Waals surface area contributed by atoms with Crippen LogP contribution in [-0.4, -0.2) is 23.3 Å². The fourth-order valence-corrected chi connectivity index (χ4v) is 12.0. The number of hydrogen-bond donors (Lipinski definition) is 0. The molecule has 3 aromatic heterocycles. The summed E-state index contributed by atoms with van der Waals surface area (Å²) in [6.07, 6.45) is 3.97. The molecule has 9 aromatic rings. The number of para-hydroxylation sites is 4. The molecule has 0 aliphatic carbocycles. The van der Waals surface area contributed by atoms with E-state index >= 15 is 0 Å². The van der Waals surface area contributed by atoms with Gasteiger partial charge in [-0.2, -0.15) is 0 Å². The van der Waals surface area contributed by atoms with Crippen LogP contribution in [0.2, 0.25) is 0 Å². The van der Waals surface area contributed by atoms with E-state index in [0.717, 1.165) is 100 Å². The fraction of sp³-hybridized carbons (Fsp3) is 0.107. The van der Waals surface area contributed by atoms with Crippen molar-refractivity contribution in [1.29, 1.82) is 0 Å². The number of nitrogens with zero attached hydrogens (tertiary/aromatic N) is 3. The summed E-state index contributed by atoms with van der Waals surface area (Å²) in [5.41, 5.74) is 9.77. The number of fused-ring (bicyclic) bond motifs is 1. The van der Waals surface area contributed by atoms with Crippen molar-refractivity contribution in [3.05, 3.63) is 205 Å². The molecule has 10 rings (SSSR count). The third kappa shape index (κ3) is 8.12. The minimum absolute atomic E-state index is 0.177. The maximum absolute atomic E-state index is 14.4. The predicted octanol–water partition coefficient (Wildman–Crippen LogP) is 16.7. The fourth-order valence-electron chi connectivity index (χ4n) is 8.43. The van der Waals surface area contributed by atoms with Gasteiger partial charge in [0, 0.05) is 60.2 Å². The molecule has 0 fully saturated rings. The molecule has 2 amide bonds. The topological polar surface area (TPSA) is 43.9 Å². The van der Waals surface area contributed by atoms with Gasteiger partial charge >= 0.3 is 0 Å². The van der Waals surface area contributed by atoms with E-state index in [1.54, 1.807) is 34.0 Å². The zero-order chi connectivity index (χ0) is 43.4. The second-order valence-electron chi connectivity index (χ2n) is 15.8. The number of anilines is 6. The molecule has 0 unspecified atom stereocenters. The van der Waals surface area contributed by atoms with Crippen molar-refractivity contribution in [2.45, 2.75) is 32.6 Å². The first kappa shape index (κ1) is 41.2. The summed E-state index contributed by atoms with van der Waals surface area (Å²) < 4.78 is 0. The van der Waals surface area contributed by atoms with E-state index in [0.29, 0.717) is 17.7 Å². The second kappa shape index (κ2) is 18.5. The summed E-state index contributed by atoms with van der Waals surface area (Å²) in [6, 6.07) is 67.5. The van der Waals surface area contributed by atoms with Gasteiger partial charge in [-0.25, -0.2) is 0 Å². The van der Waals surface area contributed by atoms with Crippen molar-refractivity contribution < 1.29 is 9.59 Å². The number of rotatable bonds is 15. The monoisotopic (exact) mass is 887 g/mol. The maximum atomic E-state index is 14.4. The van der Waals surface area contributed by atoms with Crippen LogP contribution in [0.1, 0.15) is 53.3 Å². The maximum Gasteiger partial charge on any atom is 0.263 e. The molecule has 8 heteroatoms. The summed E-state index contributed by atoms with van der Waals surface area (Å²) >= 11 is 4.90.